The molecule has 1 heterocycles. The maximum Gasteiger partial charge on any atom is 0.407 e. The van der Waals surface area contributed by atoms with Gasteiger partial charge in [0.15, 0.2) is 0 Å². The summed E-state index contributed by atoms with van der Waals surface area (Å²) in [6.45, 7) is 5.51. The van der Waals surface area contributed by atoms with E-state index >= 15 is 0 Å². The number of hydrogen-bond donors (Lipinski definition) is 2. The number of carbonyl (C=O) groups is 2. The largest absolute Gasteiger partial charge is 0.488 e. The maximum atomic E-state index is 12.4. The molecule has 0 radical (unpaired) electrons. The molecule has 4 rings (SSSR count). The topological polar surface area (TPSA) is 89.6 Å². The standard InChI is InChI=1S/C21H27N3O4S/c1-21(2,3)28-20(26)24-14-9-13(10-14)23-19(25)12-7-15(8-12)27-16-5-4-6-17-18(16)22-11-29-17/h4-6,11-15H,7-10H2,1-3H3,(H,23,25)(H,24,26). The zero-order valence-corrected chi connectivity index (χ0v) is 17.8. The molecular weight excluding hydrogens is 390 g/mol. The third-order valence-electron chi connectivity index (χ3n) is 5.29. The van der Waals surface area contributed by atoms with Crippen LogP contribution in [0, 0.1) is 5.92 Å². The molecule has 156 valence electrons. The lowest BCUT2D eigenvalue weighted by Crippen LogP contribution is -2.56. The predicted octanol–water partition coefficient (Wildman–Crippen LogP) is 3.63. The summed E-state index contributed by atoms with van der Waals surface area (Å²) in [4.78, 5) is 28.6. The Morgan fingerprint density at radius 1 is 1.10 bits per heavy atom. The Bertz CT molecular complexity index is 895. The molecule has 2 aliphatic rings. The lowest BCUT2D eigenvalue weighted by atomic mass is 9.80. The quantitative estimate of drug-likeness (QED) is 0.775. The van der Waals surface area contributed by atoms with Crippen molar-refractivity contribution < 1.29 is 19.1 Å². The highest BCUT2D eigenvalue weighted by atomic mass is 32.1. The molecule has 8 heteroatoms. The predicted molar refractivity (Wildman–Crippen MR) is 111 cm³/mol. The molecule has 1 aromatic carbocycles. The molecule has 0 saturated heterocycles. The molecule has 29 heavy (non-hydrogen) atoms. The molecular formula is C21H27N3O4S. The fourth-order valence-corrected chi connectivity index (χ4v) is 4.35. The molecule has 2 aromatic rings. The number of aromatic nitrogens is 1. The third kappa shape index (κ3) is 4.80. The number of thiazole rings is 1. The molecule has 1 aromatic heterocycles. The summed E-state index contributed by atoms with van der Waals surface area (Å²) < 4.78 is 12.4. The first-order chi connectivity index (χ1) is 13.8. The molecule has 7 nitrogen and oxygen atoms in total. The minimum atomic E-state index is -0.505. The number of ether oxygens (including phenoxy) is 2. The highest BCUT2D eigenvalue weighted by Gasteiger charge is 2.39. The number of fused-ring (bicyclic) bond motifs is 1. The van der Waals surface area contributed by atoms with Crippen molar-refractivity contribution >= 4 is 33.6 Å². The van der Waals surface area contributed by atoms with E-state index in [1.165, 1.54) is 0 Å². The van der Waals surface area contributed by atoms with Gasteiger partial charge in [0.05, 0.1) is 10.2 Å². The van der Waals surface area contributed by atoms with Gasteiger partial charge in [-0.2, -0.15) is 0 Å². The van der Waals surface area contributed by atoms with E-state index in [2.05, 4.69) is 15.6 Å². The van der Waals surface area contributed by atoms with Crippen LogP contribution in [0.2, 0.25) is 0 Å². The van der Waals surface area contributed by atoms with E-state index in [9.17, 15) is 9.59 Å². The summed E-state index contributed by atoms with van der Waals surface area (Å²) in [6.07, 6.45) is 2.58. The molecule has 2 saturated carbocycles. The fourth-order valence-electron chi connectivity index (χ4n) is 3.66. The van der Waals surface area contributed by atoms with Gasteiger partial charge in [0.25, 0.3) is 0 Å². The van der Waals surface area contributed by atoms with Crippen LogP contribution >= 0.6 is 11.3 Å². The van der Waals surface area contributed by atoms with Crippen LogP contribution < -0.4 is 15.4 Å². The van der Waals surface area contributed by atoms with Gasteiger partial charge in [-0.25, -0.2) is 9.78 Å². The van der Waals surface area contributed by atoms with Gasteiger partial charge in [0, 0.05) is 18.0 Å². The number of benzene rings is 1. The van der Waals surface area contributed by atoms with E-state index in [-0.39, 0.29) is 30.0 Å². The van der Waals surface area contributed by atoms with Crippen molar-refractivity contribution in [3.8, 4) is 5.75 Å². The maximum absolute atomic E-state index is 12.4. The molecule has 2 aliphatic carbocycles. The number of nitrogens with one attached hydrogen (secondary N) is 2. The van der Waals surface area contributed by atoms with E-state index in [0.29, 0.717) is 0 Å². The van der Waals surface area contributed by atoms with Crippen LogP contribution in [0.15, 0.2) is 23.7 Å². The number of para-hydroxylation sites is 1. The minimum Gasteiger partial charge on any atom is -0.488 e. The molecule has 0 spiro atoms. The lowest BCUT2D eigenvalue weighted by Gasteiger charge is -2.39. The second-order valence-electron chi connectivity index (χ2n) is 8.88. The summed E-state index contributed by atoms with van der Waals surface area (Å²) in [5.74, 6) is 0.868. The van der Waals surface area contributed by atoms with Crippen LogP contribution in [0.3, 0.4) is 0 Å². The Morgan fingerprint density at radius 3 is 2.55 bits per heavy atom. The Labute approximate surface area is 174 Å². The summed E-state index contributed by atoms with van der Waals surface area (Å²) in [5, 5.41) is 5.92. The van der Waals surface area contributed by atoms with Gasteiger partial charge in [-0.05, 0) is 58.6 Å². The van der Waals surface area contributed by atoms with Crippen molar-refractivity contribution in [3.63, 3.8) is 0 Å². The van der Waals surface area contributed by atoms with Crippen LogP contribution in [0.5, 0.6) is 5.75 Å². The van der Waals surface area contributed by atoms with E-state index in [4.69, 9.17) is 9.47 Å². The fraction of sp³-hybridized carbons (Fsp3) is 0.571. The average Bonchev–Trinajstić information content (AvgIpc) is 3.03. The van der Waals surface area contributed by atoms with Crippen molar-refractivity contribution in [3.05, 3.63) is 23.7 Å². The van der Waals surface area contributed by atoms with Crippen molar-refractivity contribution in [1.82, 2.24) is 15.6 Å². The summed E-state index contributed by atoms with van der Waals surface area (Å²) in [5.41, 5.74) is 2.20. The van der Waals surface area contributed by atoms with Crippen molar-refractivity contribution in [2.45, 2.75) is 70.2 Å². The highest BCUT2D eigenvalue weighted by molar-refractivity contribution is 7.16. The molecule has 2 fully saturated rings. The molecule has 0 atom stereocenters. The van der Waals surface area contributed by atoms with Crippen molar-refractivity contribution in [2.75, 3.05) is 0 Å². The van der Waals surface area contributed by atoms with Crippen LogP contribution in [-0.4, -0.2) is 40.8 Å². The van der Waals surface area contributed by atoms with E-state index in [0.717, 1.165) is 41.6 Å². The minimum absolute atomic E-state index is 0.00694. The Balaban J connectivity index is 1.16. The van der Waals surface area contributed by atoms with Crippen molar-refractivity contribution in [2.24, 2.45) is 5.92 Å². The third-order valence-corrected chi connectivity index (χ3v) is 6.08. The zero-order chi connectivity index (χ0) is 20.6. The first-order valence-corrected chi connectivity index (χ1v) is 10.9. The zero-order valence-electron chi connectivity index (χ0n) is 16.9. The van der Waals surface area contributed by atoms with Gasteiger partial charge in [-0.15, -0.1) is 11.3 Å². The number of amides is 2. The highest BCUT2D eigenvalue weighted by Crippen LogP contribution is 2.35. The normalized spacial score (nSPS) is 26.2. The van der Waals surface area contributed by atoms with Gasteiger partial charge in [0.2, 0.25) is 5.91 Å². The van der Waals surface area contributed by atoms with Gasteiger partial charge < -0.3 is 20.1 Å². The van der Waals surface area contributed by atoms with Gasteiger partial charge in [0.1, 0.15) is 23.0 Å². The number of carbonyl (C=O) groups excluding carboxylic acids is 2. The van der Waals surface area contributed by atoms with E-state index in [1.54, 1.807) is 11.3 Å². The molecule has 0 aliphatic heterocycles. The number of rotatable bonds is 5. The molecule has 2 amide bonds. The summed E-state index contributed by atoms with van der Waals surface area (Å²) >= 11 is 1.59. The molecule has 0 unspecified atom stereocenters. The Hall–Kier alpha value is -2.35. The molecule has 2 N–H and O–H groups in total. The number of alkyl carbamates (subject to hydrolysis) is 1. The Morgan fingerprint density at radius 2 is 1.83 bits per heavy atom. The van der Waals surface area contributed by atoms with Crippen LogP contribution in [0.4, 0.5) is 4.79 Å². The lowest BCUT2D eigenvalue weighted by molar-refractivity contribution is -0.132. The monoisotopic (exact) mass is 417 g/mol. The SMILES string of the molecule is CC(C)(C)OC(=O)NC1CC(NC(=O)C2CC(Oc3cccc4scnc34)C2)C1. The van der Waals surface area contributed by atoms with Crippen LogP contribution in [0.1, 0.15) is 46.5 Å². The first-order valence-electron chi connectivity index (χ1n) is 10.1. The van der Waals surface area contributed by atoms with Gasteiger partial charge in [-0.1, -0.05) is 6.07 Å². The average molecular weight is 418 g/mol. The number of nitrogens with zero attached hydrogens (tertiary/aromatic N) is 1. The second-order valence-corrected chi connectivity index (χ2v) is 9.77. The first kappa shape index (κ1) is 19.9. The van der Waals surface area contributed by atoms with Gasteiger partial charge in [-0.3, -0.25) is 4.79 Å². The second kappa shape index (κ2) is 7.82. The van der Waals surface area contributed by atoms with E-state index < -0.39 is 11.7 Å². The van der Waals surface area contributed by atoms with E-state index in [1.807, 2.05) is 44.5 Å². The van der Waals surface area contributed by atoms with Gasteiger partial charge >= 0.3 is 6.09 Å². The molecule has 0 bridgehead atoms. The smallest absolute Gasteiger partial charge is 0.407 e. The summed E-state index contributed by atoms with van der Waals surface area (Å²) in [7, 11) is 0. The summed E-state index contributed by atoms with van der Waals surface area (Å²) in [6, 6.07) is 6.11. The van der Waals surface area contributed by atoms with Crippen molar-refractivity contribution in [1.29, 1.82) is 0 Å². The van der Waals surface area contributed by atoms with Crippen LogP contribution in [0.25, 0.3) is 10.2 Å². The Kier molecular flexibility index (Phi) is 5.38. The van der Waals surface area contributed by atoms with Crippen LogP contribution in [-0.2, 0) is 9.53 Å². The number of hydrogen-bond acceptors (Lipinski definition) is 6.